The zero-order valence-electron chi connectivity index (χ0n) is 13.0. The van der Waals surface area contributed by atoms with Crippen molar-refractivity contribution in [2.45, 2.75) is 19.4 Å². The quantitative estimate of drug-likeness (QED) is 0.849. The molecular weight excluding hydrogens is 308 g/mol. The van der Waals surface area contributed by atoms with Gasteiger partial charge in [0.2, 0.25) is 5.91 Å². The highest BCUT2D eigenvalue weighted by Crippen LogP contribution is 2.22. The number of ether oxygens (including phenoxy) is 1. The summed E-state index contributed by atoms with van der Waals surface area (Å²) in [5, 5.41) is 5.36. The molecule has 24 heavy (non-hydrogen) atoms. The van der Waals surface area contributed by atoms with Gasteiger partial charge in [-0.2, -0.15) is 0 Å². The molecule has 2 aromatic carbocycles. The molecule has 1 atom stereocenters. The van der Waals surface area contributed by atoms with Crippen LogP contribution in [0, 0.1) is 0 Å². The van der Waals surface area contributed by atoms with Crippen molar-refractivity contribution in [3.63, 3.8) is 0 Å². The summed E-state index contributed by atoms with van der Waals surface area (Å²) in [6.07, 6.45) is -0.514. The molecule has 2 amide bonds. The van der Waals surface area contributed by atoms with Crippen LogP contribution in [0.25, 0.3) is 0 Å². The molecular formula is C18H16N2O4. The number of carbonyl (C=O) groups is 3. The maximum atomic E-state index is 12.3. The van der Waals surface area contributed by atoms with Crippen LogP contribution >= 0.6 is 0 Å². The average molecular weight is 324 g/mol. The molecule has 0 unspecified atom stereocenters. The molecule has 0 aromatic heterocycles. The molecule has 2 N–H and O–H groups in total. The van der Waals surface area contributed by atoms with Crippen molar-refractivity contribution in [3.05, 3.63) is 59.7 Å². The van der Waals surface area contributed by atoms with Crippen LogP contribution in [0.4, 0.5) is 11.4 Å². The van der Waals surface area contributed by atoms with E-state index in [-0.39, 0.29) is 11.8 Å². The van der Waals surface area contributed by atoms with Crippen molar-refractivity contribution in [3.8, 4) is 0 Å². The Kier molecular flexibility index (Phi) is 4.29. The van der Waals surface area contributed by atoms with Crippen LogP contribution in [0.2, 0.25) is 0 Å². The maximum Gasteiger partial charge on any atom is 0.339 e. The summed E-state index contributed by atoms with van der Waals surface area (Å²) < 4.78 is 5.22. The Balaban J connectivity index is 1.67. The predicted octanol–water partition coefficient (Wildman–Crippen LogP) is 2.37. The standard InChI is InChI=1S/C18H16N2O4/c1-11(21)19-13-6-8-14(9-7-13)20-17(22)16-10-12-4-2-3-5-15(12)18(23)24-16/h2-9,16H,10H2,1H3,(H,19,21)(H,20,22)/t16-/m0/s1. The van der Waals surface area contributed by atoms with Crippen LogP contribution < -0.4 is 10.6 Å². The van der Waals surface area contributed by atoms with Crippen LogP contribution in [0.3, 0.4) is 0 Å². The summed E-state index contributed by atoms with van der Waals surface area (Å²) >= 11 is 0. The summed E-state index contributed by atoms with van der Waals surface area (Å²) in [6.45, 7) is 1.42. The normalized spacial score (nSPS) is 15.9. The monoisotopic (exact) mass is 324 g/mol. The fourth-order valence-corrected chi connectivity index (χ4v) is 2.54. The van der Waals surface area contributed by atoms with E-state index in [1.807, 2.05) is 12.1 Å². The van der Waals surface area contributed by atoms with Crippen LogP contribution in [-0.4, -0.2) is 23.9 Å². The number of benzene rings is 2. The summed E-state index contributed by atoms with van der Waals surface area (Å²) in [5.74, 6) is -1.04. The molecule has 3 rings (SSSR count). The molecule has 0 fully saturated rings. The van der Waals surface area contributed by atoms with E-state index >= 15 is 0 Å². The SMILES string of the molecule is CC(=O)Nc1ccc(NC(=O)[C@@H]2Cc3ccccc3C(=O)O2)cc1. The molecule has 6 heteroatoms. The van der Waals surface area contributed by atoms with Crippen molar-refractivity contribution in [2.24, 2.45) is 0 Å². The number of hydrogen-bond donors (Lipinski definition) is 2. The molecule has 6 nitrogen and oxygen atoms in total. The fraction of sp³-hybridized carbons (Fsp3) is 0.167. The van der Waals surface area contributed by atoms with E-state index in [0.29, 0.717) is 23.4 Å². The van der Waals surface area contributed by atoms with Gasteiger partial charge in [0.1, 0.15) is 0 Å². The molecule has 0 aliphatic carbocycles. The van der Waals surface area contributed by atoms with Gasteiger partial charge in [-0.15, -0.1) is 0 Å². The highest BCUT2D eigenvalue weighted by atomic mass is 16.5. The van der Waals surface area contributed by atoms with Crippen LogP contribution in [0.5, 0.6) is 0 Å². The number of nitrogens with one attached hydrogen (secondary N) is 2. The molecule has 0 bridgehead atoms. The Morgan fingerprint density at radius 3 is 2.29 bits per heavy atom. The molecule has 0 saturated heterocycles. The van der Waals surface area contributed by atoms with Crippen molar-refractivity contribution in [1.82, 2.24) is 0 Å². The van der Waals surface area contributed by atoms with E-state index in [9.17, 15) is 14.4 Å². The van der Waals surface area contributed by atoms with Crippen LogP contribution in [0.1, 0.15) is 22.8 Å². The topological polar surface area (TPSA) is 84.5 Å². The minimum Gasteiger partial charge on any atom is -0.448 e. The number of amides is 2. The third-order valence-corrected chi connectivity index (χ3v) is 3.66. The lowest BCUT2D eigenvalue weighted by Crippen LogP contribution is -2.37. The largest absolute Gasteiger partial charge is 0.448 e. The molecule has 122 valence electrons. The predicted molar refractivity (Wildman–Crippen MR) is 88.7 cm³/mol. The van der Waals surface area contributed by atoms with E-state index in [2.05, 4.69) is 10.6 Å². The van der Waals surface area contributed by atoms with E-state index in [4.69, 9.17) is 4.74 Å². The molecule has 2 aromatic rings. The van der Waals surface area contributed by atoms with Gasteiger partial charge in [-0.05, 0) is 35.9 Å². The number of fused-ring (bicyclic) bond motifs is 1. The zero-order valence-corrected chi connectivity index (χ0v) is 13.0. The van der Waals surface area contributed by atoms with Gasteiger partial charge in [0.25, 0.3) is 5.91 Å². The second-order valence-corrected chi connectivity index (χ2v) is 5.50. The Morgan fingerprint density at radius 2 is 1.62 bits per heavy atom. The van der Waals surface area contributed by atoms with Crippen LogP contribution in [-0.2, 0) is 20.7 Å². The molecule has 0 spiro atoms. The van der Waals surface area contributed by atoms with Crippen molar-refractivity contribution >= 4 is 29.2 Å². The zero-order chi connectivity index (χ0) is 17.1. The molecule has 0 radical (unpaired) electrons. The summed E-state index contributed by atoms with van der Waals surface area (Å²) in [4.78, 5) is 35.3. The lowest BCUT2D eigenvalue weighted by Gasteiger charge is -2.23. The number of cyclic esters (lactones) is 1. The molecule has 1 aliphatic heterocycles. The van der Waals surface area contributed by atoms with E-state index in [0.717, 1.165) is 5.56 Å². The number of hydrogen-bond acceptors (Lipinski definition) is 4. The van der Waals surface area contributed by atoms with Crippen molar-refractivity contribution < 1.29 is 19.1 Å². The third kappa shape index (κ3) is 3.43. The first-order chi connectivity index (χ1) is 11.5. The summed E-state index contributed by atoms with van der Waals surface area (Å²) in [5.41, 5.74) is 2.50. The van der Waals surface area contributed by atoms with Gasteiger partial charge in [-0.25, -0.2) is 4.79 Å². The number of esters is 1. The summed E-state index contributed by atoms with van der Waals surface area (Å²) in [7, 11) is 0. The number of carbonyl (C=O) groups excluding carboxylic acids is 3. The highest BCUT2D eigenvalue weighted by Gasteiger charge is 2.30. The fourth-order valence-electron chi connectivity index (χ4n) is 2.54. The van der Waals surface area contributed by atoms with Gasteiger partial charge in [0.15, 0.2) is 6.10 Å². The van der Waals surface area contributed by atoms with Crippen molar-refractivity contribution in [1.29, 1.82) is 0 Å². The first-order valence-electron chi connectivity index (χ1n) is 7.50. The van der Waals surface area contributed by atoms with Gasteiger partial charge in [0.05, 0.1) is 5.56 Å². The van der Waals surface area contributed by atoms with E-state index in [1.54, 1.807) is 36.4 Å². The van der Waals surface area contributed by atoms with Crippen LogP contribution in [0.15, 0.2) is 48.5 Å². The van der Waals surface area contributed by atoms with Gasteiger partial charge in [0, 0.05) is 24.7 Å². The molecule has 0 saturated carbocycles. The van der Waals surface area contributed by atoms with E-state index < -0.39 is 12.1 Å². The Hall–Kier alpha value is -3.15. The van der Waals surface area contributed by atoms with Gasteiger partial charge < -0.3 is 15.4 Å². The third-order valence-electron chi connectivity index (χ3n) is 3.66. The lowest BCUT2D eigenvalue weighted by molar-refractivity contribution is -0.125. The van der Waals surface area contributed by atoms with Gasteiger partial charge in [-0.1, -0.05) is 18.2 Å². The molecule has 1 aliphatic rings. The average Bonchev–Trinajstić information content (AvgIpc) is 2.56. The first-order valence-corrected chi connectivity index (χ1v) is 7.50. The number of anilines is 2. The minimum absolute atomic E-state index is 0.167. The second kappa shape index (κ2) is 6.54. The Bertz CT molecular complexity index is 799. The van der Waals surface area contributed by atoms with Gasteiger partial charge in [-0.3, -0.25) is 9.59 Å². The number of rotatable bonds is 3. The smallest absolute Gasteiger partial charge is 0.339 e. The van der Waals surface area contributed by atoms with Crippen molar-refractivity contribution in [2.75, 3.05) is 10.6 Å². The van der Waals surface area contributed by atoms with E-state index in [1.165, 1.54) is 6.92 Å². The molecule has 1 heterocycles. The minimum atomic E-state index is -0.859. The maximum absolute atomic E-state index is 12.3. The van der Waals surface area contributed by atoms with Gasteiger partial charge >= 0.3 is 5.97 Å². The Labute approximate surface area is 138 Å². The summed E-state index contributed by atoms with van der Waals surface area (Å²) in [6, 6.07) is 13.8. The second-order valence-electron chi connectivity index (χ2n) is 5.50. The Morgan fingerprint density at radius 1 is 1.00 bits per heavy atom. The lowest BCUT2D eigenvalue weighted by atomic mass is 9.98. The highest BCUT2D eigenvalue weighted by molar-refractivity contribution is 6.00. The first kappa shape index (κ1) is 15.7.